The lowest BCUT2D eigenvalue weighted by atomic mass is 10.0. The number of benzene rings is 2. The summed E-state index contributed by atoms with van der Waals surface area (Å²) in [5.41, 5.74) is 0.940. The van der Waals surface area contributed by atoms with E-state index in [0.29, 0.717) is 19.6 Å². The van der Waals surface area contributed by atoms with Crippen LogP contribution in [0.1, 0.15) is 5.56 Å². The van der Waals surface area contributed by atoms with E-state index in [-0.39, 0.29) is 12.5 Å². The fourth-order valence-corrected chi connectivity index (χ4v) is 2.48. The van der Waals surface area contributed by atoms with Gasteiger partial charge < -0.3 is 19.5 Å². The molecule has 0 bridgehead atoms. The number of ether oxygens (including phenoxy) is 3. The van der Waals surface area contributed by atoms with E-state index in [0.717, 1.165) is 16.3 Å². The van der Waals surface area contributed by atoms with Gasteiger partial charge in [-0.2, -0.15) is 0 Å². The smallest absolute Gasteiger partial charge is 0.328 e. The zero-order valence-corrected chi connectivity index (χ0v) is 14.5. The Labute approximate surface area is 147 Å². The first-order valence-electron chi connectivity index (χ1n) is 8.05. The molecule has 0 heterocycles. The third-order valence-corrected chi connectivity index (χ3v) is 3.74. The number of hydrogen-bond donors (Lipinski definition) is 1. The van der Waals surface area contributed by atoms with Crippen LogP contribution in [0.2, 0.25) is 0 Å². The van der Waals surface area contributed by atoms with Gasteiger partial charge in [-0.1, -0.05) is 42.5 Å². The molecule has 0 aliphatic rings. The molecule has 0 radical (unpaired) electrons. The number of amides is 1. The second-order valence-corrected chi connectivity index (χ2v) is 5.57. The van der Waals surface area contributed by atoms with E-state index < -0.39 is 12.0 Å². The summed E-state index contributed by atoms with van der Waals surface area (Å²) in [6.45, 7) is 0.594. The first kappa shape index (κ1) is 18.9. The topological polar surface area (TPSA) is 73.9 Å². The van der Waals surface area contributed by atoms with Crippen LogP contribution < -0.4 is 5.32 Å². The maximum atomic E-state index is 12.0. The molecule has 1 N–H and O–H groups in total. The lowest BCUT2D eigenvalue weighted by Crippen LogP contribution is -2.44. The minimum atomic E-state index is -0.760. The SMILES string of the molecule is COCCOCC(=O)N[C@@H](Cc1ccc2ccccc2c1)C(=O)OC. The summed E-state index contributed by atoms with van der Waals surface area (Å²) in [7, 11) is 2.86. The fraction of sp³-hybridized carbons (Fsp3) is 0.368. The van der Waals surface area contributed by atoms with E-state index >= 15 is 0 Å². The van der Waals surface area contributed by atoms with Crippen molar-refractivity contribution in [3.05, 3.63) is 48.0 Å². The summed E-state index contributed by atoms with van der Waals surface area (Å²) in [5.74, 6) is -0.856. The van der Waals surface area contributed by atoms with E-state index in [9.17, 15) is 9.59 Å². The molecule has 0 aliphatic carbocycles. The van der Waals surface area contributed by atoms with Crippen molar-refractivity contribution < 1.29 is 23.8 Å². The number of carbonyl (C=O) groups is 2. The second kappa shape index (κ2) is 9.76. The molecule has 1 amide bonds. The molecule has 0 unspecified atom stereocenters. The van der Waals surface area contributed by atoms with Crippen molar-refractivity contribution in [2.45, 2.75) is 12.5 Å². The lowest BCUT2D eigenvalue weighted by Gasteiger charge is -2.17. The Balaban J connectivity index is 2.01. The Morgan fingerprint density at radius 2 is 1.80 bits per heavy atom. The molecule has 25 heavy (non-hydrogen) atoms. The quantitative estimate of drug-likeness (QED) is 0.553. The van der Waals surface area contributed by atoms with E-state index in [4.69, 9.17) is 14.2 Å². The number of esters is 1. The molecule has 0 aliphatic heterocycles. The summed E-state index contributed by atoms with van der Waals surface area (Å²) in [6.07, 6.45) is 0.349. The summed E-state index contributed by atoms with van der Waals surface area (Å²) in [5, 5.41) is 4.86. The third kappa shape index (κ3) is 5.85. The Morgan fingerprint density at radius 1 is 1.04 bits per heavy atom. The van der Waals surface area contributed by atoms with Crippen LogP contribution >= 0.6 is 0 Å². The van der Waals surface area contributed by atoms with Crippen molar-refractivity contribution in [3.8, 4) is 0 Å². The van der Waals surface area contributed by atoms with Gasteiger partial charge in [-0.3, -0.25) is 4.79 Å². The summed E-state index contributed by atoms with van der Waals surface area (Å²) in [6, 6.07) is 13.2. The van der Waals surface area contributed by atoms with Crippen molar-refractivity contribution in [1.82, 2.24) is 5.32 Å². The normalized spacial score (nSPS) is 11.9. The first-order valence-corrected chi connectivity index (χ1v) is 8.05. The first-order chi connectivity index (χ1) is 12.1. The van der Waals surface area contributed by atoms with Crippen molar-refractivity contribution in [2.75, 3.05) is 34.0 Å². The molecule has 1 atom stereocenters. The molecule has 0 fully saturated rings. The van der Waals surface area contributed by atoms with Crippen LogP contribution in [-0.2, 0) is 30.2 Å². The predicted molar refractivity (Wildman–Crippen MR) is 94.3 cm³/mol. The van der Waals surface area contributed by atoms with Gasteiger partial charge in [0, 0.05) is 13.5 Å². The third-order valence-electron chi connectivity index (χ3n) is 3.74. The van der Waals surface area contributed by atoms with Gasteiger partial charge in [-0.15, -0.1) is 0 Å². The highest BCUT2D eigenvalue weighted by molar-refractivity contribution is 5.86. The number of fused-ring (bicyclic) bond motifs is 1. The predicted octanol–water partition coefficient (Wildman–Crippen LogP) is 1.70. The monoisotopic (exact) mass is 345 g/mol. The number of nitrogens with one attached hydrogen (secondary N) is 1. The maximum absolute atomic E-state index is 12.0. The fourth-order valence-electron chi connectivity index (χ4n) is 2.48. The second-order valence-electron chi connectivity index (χ2n) is 5.57. The summed E-state index contributed by atoms with van der Waals surface area (Å²) in [4.78, 5) is 23.9. The van der Waals surface area contributed by atoms with Crippen LogP contribution in [0, 0.1) is 0 Å². The van der Waals surface area contributed by atoms with Gasteiger partial charge in [-0.25, -0.2) is 4.79 Å². The molecular formula is C19H23NO5. The van der Waals surface area contributed by atoms with Crippen LogP contribution in [-0.4, -0.2) is 52.0 Å². The molecule has 134 valence electrons. The van der Waals surface area contributed by atoms with Crippen LogP contribution in [0.4, 0.5) is 0 Å². The molecule has 0 aromatic heterocycles. The van der Waals surface area contributed by atoms with Crippen LogP contribution in [0.3, 0.4) is 0 Å². The highest BCUT2D eigenvalue weighted by Gasteiger charge is 2.22. The van der Waals surface area contributed by atoms with Crippen molar-refractivity contribution in [2.24, 2.45) is 0 Å². The molecule has 0 spiro atoms. The molecule has 6 heteroatoms. The van der Waals surface area contributed by atoms with Gasteiger partial charge in [0.25, 0.3) is 0 Å². The van der Waals surface area contributed by atoms with Gasteiger partial charge >= 0.3 is 5.97 Å². The highest BCUT2D eigenvalue weighted by Crippen LogP contribution is 2.17. The van der Waals surface area contributed by atoms with E-state index in [1.807, 2.05) is 42.5 Å². The van der Waals surface area contributed by atoms with E-state index in [1.54, 1.807) is 7.11 Å². The Hall–Kier alpha value is -2.44. The molecule has 2 aromatic rings. The largest absolute Gasteiger partial charge is 0.467 e. The zero-order valence-electron chi connectivity index (χ0n) is 14.5. The average molecular weight is 345 g/mol. The minimum absolute atomic E-state index is 0.130. The Morgan fingerprint density at radius 3 is 2.52 bits per heavy atom. The summed E-state index contributed by atoms with van der Waals surface area (Å²) >= 11 is 0. The molecule has 2 rings (SSSR count). The molecular weight excluding hydrogens is 322 g/mol. The lowest BCUT2D eigenvalue weighted by molar-refractivity contribution is -0.145. The maximum Gasteiger partial charge on any atom is 0.328 e. The average Bonchev–Trinajstić information content (AvgIpc) is 2.64. The number of methoxy groups -OCH3 is 2. The number of carbonyl (C=O) groups excluding carboxylic acids is 2. The summed E-state index contributed by atoms with van der Waals surface area (Å²) < 4.78 is 14.8. The standard InChI is InChI=1S/C19H23NO5/c1-23-9-10-25-13-18(21)20-17(19(22)24-2)12-14-7-8-15-5-3-4-6-16(15)11-14/h3-8,11,17H,9-10,12-13H2,1-2H3,(H,20,21)/t17-/m0/s1. The molecule has 2 aromatic carbocycles. The van der Waals surface area contributed by atoms with Crippen molar-refractivity contribution in [3.63, 3.8) is 0 Å². The Bertz CT molecular complexity index is 716. The van der Waals surface area contributed by atoms with Crippen LogP contribution in [0.25, 0.3) is 10.8 Å². The molecule has 0 saturated heterocycles. The van der Waals surface area contributed by atoms with E-state index in [2.05, 4.69) is 5.32 Å². The van der Waals surface area contributed by atoms with Crippen LogP contribution in [0.15, 0.2) is 42.5 Å². The van der Waals surface area contributed by atoms with Crippen molar-refractivity contribution in [1.29, 1.82) is 0 Å². The molecule has 6 nitrogen and oxygen atoms in total. The number of rotatable bonds is 9. The van der Waals surface area contributed by atoms with Gasteiger partial charge in [0.15, 0.2) is 0 Å². The molecule has 0 saturated carbocycles. The van der Waals surface area contributed by atoms with Gasteiger partial charge in [0.1, 0.15) is 12.6 Å². The van der Waals surface area contributed by atoms with Crippen molar-refractivity contribution >= 4 is 22.6 Å². The Kier molecular flexibility index (Phi) is 7.37. The van der Waals surface area contributed by atoms with Gasteiger partial charge in [0.2, 0.25) is 5.91 Å². The highest BCUT2D eigenvalue weighted by atomic mass is 16.5. The van der Waals surface area contributed by atoms with Gasteiger partial charge in [-0.05, 0) is 16.3 Å². The number of hydrogen-bond acceptors (Lipinski definition) is 5. The van der Waals surface area contributed by atoms with Gasteiger partial charge in [0.05, 0.1) is 20.3 Å². The zero-order chi connectivity index (χ0) is 18.1. The van der Waals surface area contributed by atoms with Crippen LogP contribution in [0.5, 0.6) is 0 Å². The van der Waals surface area contributed by atoms with E-state index in [1.165, 1.54) is 7.11 Å². The minimum Gasteiger partial charge on any atom is -0.467 e.